The van der Waals surface area contributed by atoms with Crippen molar-refractivity contribution in [1.82, 2.24) is 9.55 Å². The van der Waals surface area contributed by atoms with Crippen molar-refractivity contribution in [1.29, 1.82) is 0 Å². The van der Waals surface area contributed by atoms with Crippen LogP contribution in [0.25, 0.3) is 22.6 Å². The molecule has 0 aliphatic carbocycles. The highest BCUT2D eigenvalue weighted by atomic mass is 16.3. The molecule has 0 unspecified atom stereocenters. The number of para-hydroxylation sites is 2. The summed E-state index contributed by atoms with van der Waals surface area (Å²) < 4.78 is 1.53. The number of hydrogen-bond donors (Lipinski definition) is 1. The molecular formula is C21H19N3O3. The van der Waals surface area contributed by atoms with Crippen LogP contribution in [0.5, 0.6) is 0 Å². The van der Waals surface area contributed by atoms with Crippen molar-refractivity contribution < 1.29 is 9.90 Å². The van der Waals surface area contributed by atoms with Crippen molar-refractivity contribution in [2.24, 2.45) is 0 Å². The van der Waals surface area contributed by atoms with Gasteiger partial charge in [-0.25, -0.2) is 4.98 Å². The number of nitrogens with zero attached hydrogens (tertiary/aromatic N) is 3. The zero-order chi connectivity index (χ0) is 19.0. The normalized spacial score (nSPS) is 15.0. The maximum atomic E-state index is 12.9. The van der Waals surface area contributed by atoms with E-state index in [1.807, 2.05) is 30.3 Å². The Morgan fingerprint density at radius 3 is 2.63 bits per heavy atom. The summed E-state index contributed by atoms with van der Waals surface area (Å²) in [6.07, 6.45) is 2.11. The Balaban J connectivity index is 1.95. The van der Waals surface area contributed by atoms with Gasteiger partial charge >= 0.3 is 0 Å². The molecule has 0 atom stereocenters. The molecule has 3 aromatic rings. The van der Waals surface area contributed by atoms with Crippen LogP contribution in [-0.2, 0) is 11.3 Å². The van der Waals surface area contributed by atoms with Crippen LogP contribution in [0.1, 0.15) is 17.8 Å². The molecule has 0 radical (unpaired) electrons. The molecule has 0 saturated heterocycles. The molecule has 0 spiro atoms. The lowest BCUT2D eigenvalue weighted by molar-refractivity contribution is -0.112. The summed E-state index contributed by atoms with van der Waals surface area (Å²) in [4.78, 5) is 31.9. The van der Waals surface area contributed by atoms with Gasteiger partial charge in [-0.1, -0.05) is 30.3 Å². The Hall–Kier alpha value is -3.25. The van der Waals surface area contributed by atoms with Crippen LogP contribution in [0.3, 0.4) is 0 Å². The van der Waals surface area contributed by atoms with Crippen LogP contribution in [0.15, 0.2) is 53.3 Å². The van der Waals surface area contributed by atoms with Gasteiger partial charge < -0.3 is 10.0 Å². The molecule has 0 fully saturated rings. The van der Waals surface area contributed by atoms with Gasteiger partial charge in [-0.05, 0) is 30.7 Å². The Morgan fingerprint density at radius 2 is 1.81 bits per heavy atom. The van der Waals surface area contributed by atoms with E-state index in [2.05, 4.69) is 4.98 Å². The second-order valence-electron chi connectivity index (χ2n) is 6.46. The molecule has 1 amide bonds. The van der Waals surface area contributed by atoms with E-state index in [9.17, 15) is 14.7 Å². The molecule has 2 aromatic carbocycles. The summed E-state index contributed by atoms with van der Waals surface area (Å²) in [6, 6.07) is 14.7. The minimum atomic E-state index is -0.173. The van der Waals surface area contributed by atoms with Crippen molar-refractivity contribution in [2.75, 3.05) is 18.6 Å². The van der Waals surface area contributed by atoms with E-state index in [0.717, 1.165) is 11.3 Å². The Bertz CT molecular complexity index is 1130. The monoisotopic (exact) mass is 361 g/mol. The molecule has 0 bridgehead atoms. The molecular weight excluding hydrogens is 342 g/mol. The van der Waals surface area contributed by atoms with Crippen LogP contribution in [-0.4, -0.2) is 34.2 Å². The zero-order valence-corrected chi connectivity index (χ0v) is 14.9. The smallest absolute Gasteiger partial charge is 0.261 e. The van der Waals surface area contributed by atoms with Gasteiger partial charge in [0.15, 0.2) is 0 Å². The summed E-state index contributed by atoms with van der Waals surface area (Å²) in [6.45, 7) is 0.303. The number of carbonyl (C=O) groups is 1. The van der Waals surface area contributed by atoms with E-state index in [1.54, 1.807) is 36.2 Å². The van der Waals surface area contributed by atoms with Gasteiger partial charge in [0.05, 0.1) is 22.2 Å². The SMILES string of the molecule is CN1C(=O)C(=Cc2nc3ccccc3c(=O)n2CCCO)c2ccccc21. The van der Waals surface area contributed by atoms with Crippen LogP contribution < -0.4 is 10.5 Å². The Kier molecular flexibility index (Phi) is 4.33. The van der Waals surface area contributed by atoms with Crippen LogP contribution in [0.4, 0.5) is 5.69 Å². The number of aromatic nitrogens is 2. The lowest BCUT2D eigenvalue weighted by Crippen LogP contribution is -2.25. The molecule has 2 heterocycles. The first-order chi connectivity index (χ1) is 13.1. The standard InChI is InChI=1S/C21H19N3O3/c1-23-18-10-5-3-7-14(18)16(20(23)26)13-19-22-17-9-4-2-8-15(17)21(27)24(19)11-6-12-25/h2-5,7-10,13,25H,6,11-12H2,1H3. The van der Waals surface area contributed by atoms with E-state index >= 15 is 0 Å². The summed E-state index contributed by atoms with van der Waals surface area (Å²) in [5, 5.41) is 9.72. The number of amides is 1. The highest BCUT2D eigenvalue weighted by molar-refractivity contribution is 6.35. The maximum absolute atomic E-state index is 12.9. The van der Waals surface area contributed by atoms with E-state index in [1.165, 1.54) is 4.57 Å². The highest BCUT2D eigenvalue weighted by Gasteiger charge is 2.29. The average Bonchev–Trinajstić information content (AvgIpc) is 2.93. The van der Waals surface area contributed by atoms with Gasteiger partial charge in [0, 0.05) is 25.8 Å². The summed E-state index contributed by atoms with van der Waals surface area (Å²) >= 11 is 0. The van der Waals surface area contributed by atoms with E-state index in [4.69, 9.17) is 0 Å². The largest absolute Gasteiger partial charge is 0.396 e. The molecule has 6 nitrogen and oxygen atoms in total. The number of hydrogen-bond acceptors (Lipinski definition) is 4. The number of fused-ring (bicyclic) bond motifs is 2. The summed E-state index contributed by atoms with van der Waals surface area (Å²) in [7, 11) is 1.73. The summed E-state index contributed by atoms with van der Waals surface area (Å²) in [5.41, 5.74) is 2.57. The Morgan fingerprint density at radius 1 is 1.07 bits per heavy atom. The minimum absolute atomic E-state index is 0.0280. The van der Waals surface area contributed by atoms with E-state index < -0.39 is 0 Å². The Labute approximate surface area is 156 Å². The van der Waals surface area contributed by atoms with Crippen molar-refractivity contribution in [3.63, 3.8) is 0 Å². The number of rotatable bonds is 4. The van der Waals surface area contributed by atoms with Gasteiger partial charge in [0.2, 0.25) is 0 Å². The third kappa shape index (κ3) is 2.84. The van der Waals surface area contributed by atoms with Gasteiger partial charge in [0.25, 0.3) is 11.5 Å². The fraction of sp³-hybridized carbons (Fsp3) is 0.190. The van der Waals surface area contributed by atoms with Crippen LogP contribution in [0, 0.1) is 0 Å². The molecule has 0 saturated carbocycles. The number of likely N-dealkylation sites (N-methyl/N-ethyl adjacent to an activating group) is 1. The number of anilines is 1. The number of benzene rings is 2. The van der Waals surface area contributed by atoms with Gasteiger partial charge in [-0.3, -0.25) is 14.2 Å². The third-order valence-electron chi connectivity index (χ3n) is 4.80. The first-order valence-corrected chi connectivity index (χ1v) is 8.81. The first kappa shape index (κ1) is 17.2. The van der Waals surface area contributed by atoms with Crippen LogP contribution in [0.2, 0.25) is 0 Å². The predicted molar refractivity (Wildman–Crippen MR) is 105 cm³/mol. The number of aliphatic hydroxyl groups excluding tert-OH is 1. The molecule has 1 aliphatic rings. The third-order valence-corrected chi connectivity index (χ3v) is 4.80. The summed E-state index contributed by atoms with van der Waals surface area (Å²) in [5.74, 6) is 0.285. The fourth-order valence-electron chi connectivity index (χ4n) is 3.41. The molecule has 6 heteroatoms. The second-order valence-corrected chi connectivity index (χ2v) is 6.46. The first-order valence-electron chi connectivity index (χ1n) is 8.81. The second kappa shape index (κ2) is 6.81. The minimum Gasteiger partial charge on any atom is -0.396 e. The van der Waals surface area contributed by atoms with Crippen molar-refractivity contribution in [2.45, 2.75) is 13.0 Å². The molecule has 1 N–H and O–H groups in total. The highest BCUT2D eigenvalue weighted by Crippen LogP contribution is 2.36. The van der Waals surface area contributed by atoms with Gasteiger partial charge in [-0.2, -0.15) is 0 Å². The van der Waals surface area contributed by atoms with E-state index in [0.29, 0.717) is 35.3 Å². The van der Waals surface area contributed by atoms with E-state index in [-0.39, 0.29) is 18.1 Å². The van der Waals surface area contributed by atoms with Crippen molar-refractivity contribution >= 4 is 34.1 Å². The van der Waals surface area contributed by atoms with Gasteiger partial charge in [0.1, 0.15) is 5.82 Å². The molecule has 4 rings (SSSR count). The van der Waals surface area contributed by atoms with Crippen LogP contribution >= 0.6 is 0 Å². The lowest BCUT2D eigenvalue weighted by Gasteiger charge is -2.11. The lowest BCUT2D eigenvalue weighted by atomic mass is 10.1. The number of aliphatic hydroxyl groups is 1. The molecule has 136 valence electrons. The van der Waals surface area contributed by atoms with Crippen molar-refractivity contribution in [3.8, 4) is 0 Å². The number of carbonyl (C=O) groups excluding carboxylic acids is 1. The van der Waals surface area contributed by atoms with Crippen molar-refractivity contribution in [3.05, 3.63) is 70.3 Å². The quantitative estimate of drug-likeness (QED) is 0.724. The predicted octanol–water partition coefficient (Wildman–Crippen LogP) is 2.30. The van der Waals surface area contributed by atoms with Gasteiger partial charge in [-0.15, -0.1) is 0 Å². The fourth-order valence-corrected chi connectivity index (χ4v) is 3.41. The zero-order valence-electron chi connectivity index (χ0n) is 14.9. The molecule has 1 aromatic heterocycles. The maximum Gasteiger partial charge on any atom is 0.261 e. The molecule has 1 aliphatic heterocycles. The average molecular weight is 361 g/mol. The topological polar surface area (TPSA) is 75.4 Å². The molecule has 27 heavy (non-hydrogen) atoms.